The number of nitrogens with zero attached hydrogens (tertiary/aromatic N) is 3. The van der Waals surface area contributed by atoms with Gasteiger partial charge in [0.05, 0.1) is 32.1 Å². The largest absolute Gasteiger partial charge is 0.464 e. The minimum absolute atomic E-state index is 0.141. The second kappa shape index (κ2) is 5.92. The van der Waals surface area contributed by atoms with Gasteiger partial charge in [-0.15, -0.1) is 5.10 Å². The number of hydrogen-bond donors (Lipinski definition) is 0. The molecular formula is C11H17N3O4. The second-order valence-corrected chi connectivity index (χ2v) is 4.08. The van der Waals surface area contributed by atoms with Crippen LogP contribution in [0.1, 0.15) is 28.6 Å². The van der Waals surface area contributed by atoms with Crippen LogP contribution in [-0.2, 0) is 20.6 Å². The Morgan fingerprint density at radius 1 is 1.56 bits per heavy atom. The summed E-state index contributed by atoms with van der Waals surface area (Å²) >= 11 is 0. The van der Waals surface area contributed by atoms with Crippen LogP contribution < -0.4 is 0 Å². The normalized spacial score (nSPS) is 19.1. The first-order chi connectivity index (χ1) is 8.77. The summed E-state index contributed by atoms with van der Waals surface area (Å²) in [5, 5.41) is 7.96. The highest BCUT2D eigenvalue weighted by Crippen LogP contribution is 2.21. The van der Waals surface area contributed by atoms with E-state index in [4.69, 9.17) is 14.2 Å². The van der Waals surface area contributed by atoms with Crippen molar-refractivity contribution in [1.29, 1.82) is 0 Å². The van der Waals surface area contributed by atoms with Crippen LogP contribution in [0.25, 0.3) is 0 Å². The van der Waals surface area contributed by atoms with Gasteiger partial charge in [-0.05, 0) is 6.42 Å². The third-order valence-electron chi connectivity index (χ3n) is 2.96. The molecular weight excluding hydrogens is 238 g/mol. The van der Waals surface area contributed by atoms with E-state index in [0.29, 0.717) is 26.2 Å². The van der Waals surface area contributed by atoms with Crippen LogP contribution in [0.5, 0.6) is 0 Å². The van der Waals surface area contributed by atoms with E-state index < -0.39 is 5.97 Å². The molecule has 1 aromatic rings. The third kappa shape index (κ3) is 2.51. The second-order valence-electron chi connectivity index (χ2n) is 4.08. The molecule has 1 unspecified atom stereocenters. The van der Waals surface area contributed by atoms with Crippen molar-refractivity contribution in [3.05, 3.63) is 11.4 Å². The van der Waals surface area contributed by atoms with Gasteiger partial charge in [0.25, 0.3) is 0 Å². The van der Waals surface area contributed by atoms with Crippen molar-refractivity contribution in [2.45, 2.75) is 18.9 Å². The number of carbonyl (C=O) groups excluding carboxylic acids is 1. The molecule has 1 aliphatic heterocycles. The molecule has 1 aliphatic rings. The summed E-state index contributed by atoms with van der Waals surface area (Å²) in [6.07, 6.45) is 1.45. The molecule has 1 saturated heterocycles. The Balaban J connectivity index is 2.27. The number of carbonyl (C=O) groups is 1. The number of esters is 1. The molecule has 100 valence electrons. The SMILES string of the molecule is COCCc1c(C(=O)OC)nnn1C1CCOC1. The van der Waals surface area contributed by atoms with Crippen molar-refractivity contribution >= 4 is 5.97 Å². The number of aromatic nitrogens is 3. The number of hydrogen-bond acceptors (Lipinski definition) is 6. The van der Waals surface area contributed by atoms with Gasteiger partial charge in [-0.25, -0.2) is 9.48 Å². The molecule has 7 heteroatoms. The molecule has 0 saturated carbocycles. The fraction of sp³-hybridized carbons (Fsp3) is 0.727. The van der Waals surface area contributed by atoms with Crippen LogP contribution in [0, 0.1) is 0 Å². The number of rotatable bonds is 5. The first-order valence-electron chi connectivity index (χ1n) is 5.87. The molecule has 0 aliphatic carbocycles. The van der Waals surface area contributed by atoms with E-state index in [-0.39, 0.29) is 11.7 Å². The maximum Gasteiger partial charge on any atom is 0.360 e. The van der Waals surface area contributed by atoms with Crippen molar-refractivity contribution in [2.24, 2.45) is 0 Å². The molecule has 2 rings (SSSR count). The monoisotopic (exact) mass is 255 g/mol. The van der Waals surface area contributed by atoms with Crippen LogP contribution in [0.2, 0.25) is 0 Å². The van der Waals surface area contributed by atoms with Gasteiger partial charge in [-0.1, -0.05) is 5.21 Å². The van der Waals surface area contributed by atoms with Crippen LogP contribution in [0.3, 0.4) is 0 Å². The van der Waals surface area contributed by atoms with Crippen molar-refractivity contribution in [3.8, 4) is 0 Å². The zero-order valence-electron chi connectivity index (χ0n) is 10.6. The minimum Gasteiger partial charge on any atom is -0.464 e. The molecule has 18 heavy (non-hydrogen) atoms. The molecule has 0 bridgehead atoms. The highest BCUT2D eigenvalue weighted by atomic mass is 16.5. The van der Waals surface area contributed by atoms with Crippen LogP contribution in [0.15, 0.2) is 0 Å². The summed E-state index contributed by atoms with van der Waals surface area (Å²) in [4.78, 5) is 11.6. The lowest BCUT2D eigenvalue weighted by atomic mass is 10.2. The van der Waals surface area contributed by atoms with E-state index in [9.17, 15) is 4.79 Å². The van der Waals surface area contributed by atoms with Gasteiger partial charge >= 0.3 is 5.97 Å². The molecule has 0 amide bonds. The van der Waals surface area contributed by atoms with E-state index in [0.717, 1.165) is 12.1 Å². The first-order valence-corrected chi connectivity index (χ1v) is 5.87. The van der Waals surface area contributed by atoms with Gasteiger partial charge < -0.3 is 14.2 Å². The Bertz CT molecular complexity index is 412. The van der Waals surface area contributed by atoms with Crippen molar-refractivity contribution < 1.29 is 19.0 Å². The Labute approximate surface area is 105 Å². The minimum atomic E-state index is -0.466. The van der Waals surface area contributed by atoms with Gasteiger partial charge in [-0.3, -0.25) is 0 Å². The molecule has 1 atom stereocenters. The van der Waals surface area contributed by atoms with Crippen molar-refractivity contribution in [3.63, 3.8) is 0 Å². The smallest absolute Gasteiger partial charge is 0.360 e. The van der Waals surface area contributed by atoms with Crippen molar-refractivity contribution in [2.75, 3.05) is 34.0 Å². The summed E-state index contributed by atoms with van der Waals surface area (Å²) in [5.41, 5.74) is 1.01. The van der Waals surface area contributed by atoms with Crippen molar-refractivity contribution in [1.82, 2.24) is 15.0 Å². The summed E-state index contributed by atoms with van der Waals surface area (Å²) < 4.78 is 16.8. The Morgan fingerprint density at radius 2 is 2.39 bits per heavy atom. The van der Waals surface area contributed by atoms with E-state index >= 15 is 0 Å². The number of ether oxygens (including phenoxy) is 3. The first kappa shape index (κ1) is 13.0. The third-order valence-corrected chi connectivity index (χ3v) is 2.96. The topological polar surface area (TPSA) is 75.5 Å². The van der Waals surface area contributed by atoms with Crippen LogP contribution >= 0.6 is 0 Å². The summed E-state index contributed by atoms with van der Waals surface area (Å²) in [7, 11) is 2.95. The Morgan fingerprint density at radius 3 is 3.00 bits per heavy atom. The lowest BCUT2D eigenvalue weighted by molar-refractivity contribution is 0.0592. The van der Waals surface area contributed by atoms with Gasteiger partial charge in [0.1, 0.15) is 0 Å². The molecule has 1 fully saturated rings. The summed E-state index contributed by atoms with van der Waals surface area (Å²) in [6, 6.07) is 0.141. The fourth-order valence-electron chi connectivity index (χ4n) is 2.01. The lowest BCUT2D eigenvalue weighted by Crippen LogP contribution is -2.16. The summed E-state index contributed by atoms with van der Waals surface area (Å²) in [5.74, 6) is -0.466. The van der Waals surface area contributed by atoms with E-state index in [1.165, 1.54) is 7.11 Å². The highest BCUT2D eigenvalue weighted by molar-refractivity contribution is 5.88. The lowest BCUT2D eigenvalue weighted by Gasteiger charge is -2.12. The molecule has 2 heterocycles. The molecule has 0 aromatic carbocycles. The zero-order valence-corrected chi connectivity index (χ0v) is 10.6. The van der Waals surface area contributed by atoms with Gasteiger partial charge in [0.2, 0.25) is 0 Å². The molecule has 1 aromatic heterocycles. The Kier molecular flexibility index (Phi) is 4.27. The standard InChI is InChI=1S/C11H17N3O4/c1-16-5-4-9-10(11(15)17-2)12-13-14(9)8-3-6-18-7-8/h8H,3-7H2,1-2H3. The fourth-order valence-corrected chi connectivity index (χ4v) is 2.01. The molecule has 0 N–H and O–H groups in total. The van der Waals surface area contributed by atoms with Gasteiger partial charge in [0.15, 0.2) is 5.69 Å². The molecule has 0 spiro atoms. The maximum atomic E-state index is 11.6. The van der Waals surface area contributed by atoms with E-state index in [1.807, 2.05) is 0 Å². The Hall–Kier alpha value is -1.47. The summed E-state index contributed by atoms with van der Waals surface area (Å²) in [6.45, 7) is 1.82. The quantitative estimate of drug-likeness (QED) is 0.700. The van der Waals surface area contributed by atoms with Crippen LogP contribution in [-0.4, -0.2) is 55.0 Å². The highest BCUT2D eigenvalue weighted by Gasteiger charge is 2.26. The average molecular weight is 255 g/mol. The van der Waals surface area contributed by atoms with Gasteiger partial charge in [-0.2, -0.15) is 0 Å². The molecule has 0 radical (unpaired) electrons. The van der Waals surface area contributed by atoms with Crippen LogP contribution in [0.4, 0.5) is 0 Å². The predicted octanol–water partition coefficient (Wildman–Crippen LogP) is 0.215. The molecule has 7 nitrogen and oxygen atoms in total. The number of methoxy groups -OCH3 is 2. The average Bonchev–Trinajstić information content (AvgIpc) is 3.03. The van der Waals surface area contributed by atoms with Gasteiger partial charge in [0, 0.05) is 20.1 Å². The maximum absolute atomic E-state index is 11.6. The zero-order chi connectivity index (χ0) is 13.0. The van der Waals surface area contributed by atoms with E-state index in [1.54, 1.807) is 11.8 Å². The van der Waals surface area contributed by atoms with E-state index in [2.05, 4.69) is 10.3 Å². The predicted molar refractivity (Wildman–Crippen MR) is 61.4 cm³/mol.